The molecular weight excluding hydrogens is 338 g/mol. The summed E-state index contributed by atoms with van der Waals surface area (Å²) in [5, 5.41) is 2.78. The average molecular weight is 354 g/mol. The Morgan fingerprint density at radius 1 is 1.08 bits per heavy atom. The quantitative estimate of drug-likeness (QED) is 0.754. The van der Waals surface area contributed by atoms with Crippen molar-refractivity contribution in [2.75, 3.05) is 7.11 Å². The molecule has 0 bridgehead atoms. The van der Waals surface area contributed by atoms with E-state index in [4.69, 9.17) is 4.74 Å². The van der Waals surface area contributed by atoms with Gasteiger partial charge in [0.15, 0.2) is 11.6 Å². The maximum absolute atomic E-state index is 13.8. The first-order chi connectivity index (χ1) is 12.6. The highest BCUT2D eigenvalue weighted by Crippen LogP contribution is 2.33. The van der Waals surface area contributed by atoms with Crippen molar-refractivity contribution in [3.63, 3.8) is 0 Å². The fourth-order valence-electron chi connectivity index (χ4n) is 2.52. The minimum atomic E-state index is -1.06. The zero-order valence-corrected chi connectivity index (χ0v) is 14.0. The van der Waals surface area contributed by atoms with Crippen molar-refractivity contribution in [2.45, 2.75) is 6.54 Å². The van der Waals surface area contributed by atoms with E-state index in [1.54, 1.807) is 6.07 Å². The number of rotatable bonds is 5. The van der Waals surface area contributed by atoms with Crippen LogP contribution < -0.4 is 10.1 Å². The lowest BCUT2D eigenvalue weighted by atomic mass is 10.1. The normalized spacial score (nSPS) is 10.4. The first-order valence-corrected chi connectivity index (χ1v) is 7.90. The summed E-state index contributed by atoms with van der Waals surface area (Å²) in [5.74, 6) is -2.57. The lowest BCUT2D eigenvalue weighted by molar-refractivity contribution is 0.0946. The van der Waals surface area contributed by atoms with Crippen LogP contribution in [0.15, 0.2) is 60.8 Å². The molecule has 1 heterocycles. The molecule has 0 atom stereocenters. The Kier molecular flexibility index (Phi) is 5.22. The standard InChI is InChI=1S/C20H16F2N2O2/c1-26-19-15(8-9-16(21)18(19)22)14-7-10-17(23-12-14)20(25)24-11-13-5-3-2-4-6-13/h2-10,12H,11H2,1H3,(H,24,25). The molecule has 1 N–H and O–H groups in total. The van der Waals surface area contributed by atoms with Crippen molar-refractivity contribution in [2.24, 2.45) is 0 Å². The number of carbonyl (C=O) groups is 1. The highest BCUT2D eigenvalue weighted by atomic mass is 19.2. The molecule has 0 spiro atoms. The molecule has 0 unspecified atom stereocenters. The fourth-order valence-corrected chi connectivity index (χ4v) is 2.52. The van der Waals surface area contributed by atoms with Crippen molar-refractivity contribution < 1.29 is 18.3 Å². The molecule has 4 nitrogen and oxygen atoms in total. The third-order valence-electron chi connectivity index (χ3n) is 3.86. The smallest absolute Gasteiger partial charge is 0.270 e. The van der Waals surface area contributed by atoms with Gasteiger partial charge < -0.3 is 10.1 Å². The van der Waals surface area contributed by atoms with Crippen molar-refractivity contribution in [3.05, 3.63) is 83.7 Å². The highest BCUT2D eigenvalue weighted by molar-refractivity contribution is 5.92. The molecule has 3 aromatic rings. The number of benzene rings is 2. The second kappa shape index (κ2) is 7.74. The van der Waals surface area contributed by atoms with E-state index in [9.17, 15) is 13.6 Å². The first-order valence-electron chi connectivity index (χ1n) is 7.90. The molecule has 0 saturated heterocycles. The third-order valence-corrected chi connectivity index (χ3v) is 3.86. The lowest BCUT2D eigenvalue weighted by Crippen LogP contribution is -2.23. The van der Waals surface area contributed by atoms with E-state index in [1.807, 2.05) is 30.3 Å². The molecule has 1 aromatic heterocycles. The summed E-state index contributed by atoms with van der Waals surface area (Å²) in [6.07, 6.45) is 1.42. The number of nitrogens with one attached hydrogen (secondary N) is 1. The van der Waals surface area contributed by atoms with E-state index >= 15 is 0 Å². The van der Waals surface area contributed by atoms with Gasteiger partial charge in [-0.3, -0.25) is 9.78 Å². The van der Waals surface area contributed by atoms with E-state index in [2.05, 4.69) is 10.3 Å². The Hall–Kier alpha value is -3.28. The number of ether oxygens (including phenoxy) is 1. The summed E-state index contributed by atoms with van der Waals surface area (Å²) in [6, 6.07) is 15.1. The van der Waals surface area contributed by atoms with E-state index in [1.165, 1.54) is 25.4 Å². The van der Waals surface area contributed by atoms with Crippen molar-refractivity contribution in [3.8, 4) is 16.9 Å². The van der Waals surface area contributed by atoms with E-state index in [0.717, 1.165) is 11.6 Å². The summed E-state index contributed by atoms with van der Waals surface area (Å²) in [4.78, 5) is 16.3. The van der Waals surface area contributed by atoms with E-state index in [0.29, 0.717) is 17.7 Å². The van der Waals surface area contributed by atoms with Crippen LogP contribution in [0, 0.1) is 11.6 Å². The van der Waals surface area contributed by atoms with Gasteiger partial charge in [0, 0.05) is 23.9 Å². The largest absolute Gasteiger partial charge is 0.493 e. The van der Waals surface area contributed by atoms with Crippen LogP contribution in [0.4, 0.5) is 8.78 Å². The minimum Gasteiger partial charge on any atom is -0.493 e. The maximum Gasteiger partial charge on any atom is 0.270 e. The van der Waals surface area contributed by atoms with Crippen molar-refractivity contribution >= 4 is 5.91 Å². The Balaban J connectivity index is 1.76. The van der Waals surface area contributed by atoms with Gasteiger partial charge in [0.1, 0.15) is 5.69 Å². The first kappa shape index (κ1) is 17.5. The number of aromatic nitrogens is 1. The third kappa shape index (κ3) is 3.69. The zero-order valence-electron chi connectivity index (χ0n) is 14.0. The molecule has 0 fully saturated rings. The van der Waals surface area contributed by atoms with Crippen LogP contribution in [0.1, 0.15) is 16.1 Å². The van der Waals surface area contributed by atoms with Gasteiger partial charge in [0.25, 0.3) is 5.91 Å². The molecule has 132 valence electrons. The molecular formula is C20H16F2N2O2. The van der Waals surface area contributed by atoms with Gasteiger partial charge >= 0.3 is 0 Å². The van der Waals surface area contributed by atoms with Gasteiger partial charge in [-0.05, 0) is 23.8 Å². The topological polar surface area (TPSA) is 51.2 Å². The number of amides is 1. The molecule has 6 heteroatoms. The van der Waals surface area contributed by atoms with Crippen LogP contribution in [-0.4, -0.2) is 18.0 Å². The number of halogens is 2. The molecule has 0 radical (unpaired) electrons. The van der Waals surface area contributed by atoms with Crippen LogP contribution >= 0.6 is 0 Å². The predicted octanol–water partition coefficient (Wildman–Crippen LogP) is 3.97. The van der Waals surface area contributed by atoms with Gasteiger partial charge in [0.2, 0.25) is 5.82 Å². The van der Waals surface area contributed by atoms with Crippen molar-refractivity contribution in [1.82, 2.24) is 10.3 Å². The van der Waals surface area contributed by atoms with Crippen molar-refractivity contribution in [1.29, 1.82) is 0 Å². The molecule has 26 heavy (non-hydrogen) atoms. The second-order valence-electron chi connectivity index (χ2n) is 5.54. The monoisotopic (exact) mass is 354 g/mol. The van der Waals surface area contributed by atoms with Gasteiger partial charge in [-0.1, -0.05) is 36.4 Å². The predicted molar refractivity (Wildman–Crippen MR) is 93.8 cm³/mol. The van der Waals surface area contributed by atoms with E-state index in [-0.39, 0.29) is 17.4 Å². The van der Waals surface area contributed by atoms with Crippen LogP contribution in [0.25, 0.3) is 11.1 Å². The van der Waals surface area contributed by atoms with Gasteiger partial charge in [0.05, 0.1) is 7.11 Å². The fraction of sp³-hybridized carbons (Fsp3) is 0.100. The molecule has 0 aliphatic heterocycles. The van der Waals surface area contributed by atoms with E-state index < -0.39 is 11.6 Å². The number of pyridine rings is 1. The Morgan fingerprint density at radius 2 is 1.85 bits per heavy atom. The maximum atomic E-state index is 13.8. The molecule has 0 aliphatic rings. The highest BCUT2D eigenvalue weighted by Gasteiger charge is 2.16. The van der Waals surface area contributed by atoms with Crippen LogP contribution in [0.2, 0.25) is 0 Å². The Morgan fingerprint density at radius 3 is 2.50 bits per heavy atom. The number of hydrogen-bond acceptors (Lipinski definition) is 3. The number of nitrogens with zero attached hydrogens (tertiary/aromatic N) is 1. The van der Waals surface area contributed by atoms with Gasteiger partial charge in [-0.25, -0.2) is 4.39 Å². The summed E-state index contributed by atoms with van der Waals surface area (Å²) in [7, 11) is 1.26. The molecule has 3 rings (SSSR count). The SMILES string of the molecule is COc1c(-c2ccc(C(=O)NCc3ccccc3)nc2)ccc(F)c1F. The van der Waals surface area contributed by atoms with Crippen LogP contribution in [-0.2, 0) is 6.54 Å². The van der Waals surface area contributed by atoms with Crippen LogP contribution in [0.3, 0.4) is 0 Å². The summed E-state index contributed by atoms with van der Waals surface area (Å²) in [5.41, 5.74) is 2.07. The van der Waals surface area contributed by atoms with Gasteiger partial charge in [-0.15, -0.1) is 0 Å². The summed E-state index contributed by atoms with van der Waals surface area (Å²) < 4.78 is 32.1. The minimum absolute atomic E-state index is 0.201. The Labute approximate surface area is 149 Å². The molecule has 1 amide bonds. The summed E-state index contributed by atoms with van der Waals surface area (Å²) >= 11 is 0. The van der Waals surface area contributed by atoms with Gasteiger partial charge in [-0.2, -0.15) is 4.39 Å². The number of methoxy groups -OCH3 is 1. The Bertz CT molecular complexity index is 913. The average Bonchev–Trinajstić information content (AvgIpc) is 2.69. The zero-order chi connectivity index (χ0) is 18.5. The number of hydrogen-bond donors (Lipinski definition) is 1. The number of carbonyl (C=O) groups excluding carboxylic acids is 1. The van der Waals surface area contributed by atoms with Crippen LogP contribution in [0.5, 0.6) is 5.75 Å². The second-order valence-corrected chi connectivity index (χ2v) is 5.54. The lowest BCUT2D eigenvalue weighted by Gasteiger charge is -2.10. The summed E-state index contributed by atoms with van der Waals surface area (Å²) in [6.45, 7) is 0.389. The molecule has 2 aromatic carbocycles. The molecule has 0 aliphatic carbocycles. The molecule has 0 saturated carbocycles.